The van der Waals surface area contributed by atoms with E-state index in [1.165, 1.54) is 7.11 Å². The summed E-state index contributed by atoms with van der Waals surface area (Å²) in [6.45, 7) is 2.84. The highest BCUT2D eigenvalue weighted by Gasteiger charge is 2.41. The van der Waals surface area contributed by atoms with Gasteiger partial charge in [-0.15, -0.1) is 0 Å². The molecule has 0 aromatic carbocycles. The van der Waals surface area contributed by atoms with Gasteiger partial charge in [0.15, 0.2) is 0 Å². The van der Waals surface area contributed by atoms with E-state index in [-0.39, 0.29) is 18.0 Å². The highest BCUT2D eigenvalue weighted by atomic mass is 16.5. The Bertz CT molecular complexity index is 470. The van der Waals surface area contributed by atoms with E-state index in [1.807, 2.05) is 0 Å². The Morgan fingerprint density at radius 1 is 1.53 bits per heavy atom. The minimum atomic E-state index is -0.365. The number of rotatable bonds is 6. The Morgan fingerprint density at radius 2 is 2.26 bits per heavy atom. The summed E-state index contributed by atoms with van der Waals surface area (Å²) in [5.74, 6) is 0.393. The van der Waals surface area contributed by atoms with Crippen molar-refractivity contribution >= 4 is 11.8 Å². The van der Waals surface area contributed by atoms with Gasteiger partial charge >= 0.3 is 5.97 Å². The molecule has 0 amide bonds. The predicted molar refractivity (Wildman–Crippen MR) is 72.2 cm³/mol. The van der Waals surface area contributed by atoms with Crippen LogP contribution in [-0.4, -0.2) is 36.3 Å². The van der Waals surface area contributed by atoms with E-state index < -0.39 is 0 Å². The number of methoxy groups -OCH3 is 1. The Labute approximate surface area is 113 Å². The molecular formula is C14H20N2O3. The molecule has 1 aromatic rings. The minimum absolute atomic E-state index is 0.232. The minimum Gasteiger partial charge on any atom is -0.465 e. The molecule has 1 aliphatic carbocycles. The molecule has 0 bridgehead atoms. The molecule has 1 fully saturated rings. The van der Waals surface area contributed by atoms with Crippen molar-refractivity contribution in [3.8, 4) is 0 Å². The molecule has 19 heavy (non-hydrogen) atoms. The summed E-state index contributed by atoms with van der Waals surface area (Å²) in [5, 5.41) is 12.3. The van der Waals surface area contributed by atoms with Gasteiger partial charge in [-0.25, -0.2) is 9.78 Å². The van der Waals surface area contributed by atoms with Gasteiger partial charge in [0.05, 0.1) is 18.4 Å². The Kier molecular flexibility index (Phi) is 4.04. The van der Waals surface area contributed by atoms with Crippen molar-refractivity contribution in [3.05, 3.63) is 23.4 Å². The summed E-state index contributed by atoms with van der Waals surface area (Å²) >= 11 is 0. The van der Waals surface area contributed by atoms with Crippen molar-refractivity contribution in [2.75, 3.05) is 25.6 Å². The average Bonchev–Trinajstić information content (AvgIpc) is 3.16. The van der Waals surface area contributed by atoms with Gasteiger partial charge in [-0.3, -0.25) is 0 Å². The number of aromatic nitrogens is 1. The zero-order chi connectivity index (χ0) is 13.9. The fraction of sp³-hybridized carbons (Fsp3) is 0.571. The molecule has 0 aliphatic heterocycles. The number of nitrogens with zero attached hydrogens (tertiary/aromatic N) is 1. The first-order valence-corrected chi connectivity index (χ1v) is 6.51. The van der Waals surface area contributed by atoms with E-state index >= 15 is 0 Å². The van der Waals surface area contributed by atoms with Gasteiger partial charge in [0.25, 0.3) is 0 Å². The molecular weight excluding hydrogens is 244 g/mol. The number of aliphatic hydroxyl groups excluding tert-OH is 1. The van der Waals surface area contributed by atoms with E-state index in [1.54, 1.807) is 19.1 Å². The zero-order valence-electron chi connectivity index (χ0n) is 11.4. The fourth-order valence-corrected chi connectivity index (χ4v) is 2.19. The van der Waals surface area contributed by atoms with Crippen LogP contribution in [0.1, 0.15) is 35.3 Å². The first-order chi connectivity index (χ1) is 9.10. The lowest BCUT2D eigenvalue weighted by atomic mass is 10.0. The smallest absolute Gasteiger partial charge is 0.339 e. The highest BCUT2D eigenvalue weighted by Crippen LogP contribution is 2.48. The van der Waals surface area contributed by atoms with Gasteiger partial charge in [-0.1, -0.05) is 0 Å². The number of ether oxygens (including phenoxy) is 1. The molecule has 5 nitrogen and oxygen atoms in total. The van der Waals surface area contributed by atoms with Crippen LogP contribution in [0.3, 0.4) is 0 Å². The average molecular weight is 264 g/mol. The largest absolute Gasteiger partial charge is 0.465 e. The maximum Gasteiger partial charge on any atom is 0.339 e. The third-order valence-corrected chi connectivity index (χ3v) is 3.73. The van der Waals surface area contributed by atoms with Crippen LogP contribution < -0.4 is 5.32 Å². The third-order valence-electron chi connectivity index (χ3n) is 3.73. The van der Waals surface area contributed by atoms with Gasteiger partial charge < -0.3 is 15.2 Å². The number of carbonyl (C=O) groups is 1. The van der Waals surface area contributed by atoms with Crippen molar-refractivity contribution in [1.82, 2.24) is 4.98 Å². The number of pyridine rings is 1. The van der Waals surface area contributed by atoms with E-state index in [9.17, 15) is 4.79 Å². The van der Waals surface area contributed by atoms with Gasteiger partial charge in [0.2, 0.25) is 0 Å². The van der Waals surface area contributed by atoms with Crippen LogP contribution in [0.15, 0.2) is 12.1 Å². The second-order valence-corrected chi connectivity index (χ2v) is 5.15. The molecule has 0 unspecified atom stereocenters. The van der Waals surface area contributed by atoms with Gasteiger partial charge in [-0.05, 0) is 43.7 Å². The van der Waals surface area contributed by atoms with Crippen molar-refractivity contribution in [1.29, 1.82) is 0 Å². The van der Waals surface area contributed by atoms with E-state index in [0.717, 1.165) is 31.6 Å². The van der Waals surface area contributed by atoms with Gasteiger partial charge in [0.1, 0.15) is 5.82 Å². The summed E-state index contributed by atoms with van der Waals surface area (Å²) in [5.41, 5.74) is 1.39. The van der Waals surface area contributed by atoms with Crippen LogP contribution >= 0.6 is 0 Å². The topological polar surface area (TPSA) is 71.5 Å². The predicted octanol–water partition coefficient (Wildman–Crippen LogP) is 1.75. The summed E-state index contributed by atoms with van der Waals surface area (Å²) in [7, 11) is 1.36. The van der Waals surface area contributed by atoms with Gasteiger partial charge in [-0.2, -0.15) is 0 Å². The third kappa shape index (κ3) is 3.23. The highest BCUT2D eigenvalue weighted by molar-refractivity contribution is 5.90. The zero-order valence-corrected chi connectivity index (χ0v) is 11.4. The molecule has 2 N–H and O–H groups in total. The second kappa shape index (κ2) is 5.57. The number of anilines is 1. The van der Waals surface area contributed by atoms with Crippen LogP contribution in [0.5, 0.6) is 0 Å². The standard InChI is InChI=1S/C14H20N2O3/c1-10-11(13(18)19-2)3-4-12(16-10)15-9-14(5-6-14)7-8-17/h3-4,17H,5-9H2,1-2H3,(H,15,16). The lowest BCUT2D eigenvalue weighted by molar-refractivity contribution is 0.0599. The van der Waals surface area contributed by atoms with Crippen molar-refractivity contribution in [2.24, 2.45) is 5.41 Å². The maximum atomic E-state index is 11.4. The van der Waals surface area contributed by atoms with Crippen molar-refractivity contribution in [2.45, 2.75) is 26.2 Å². The number of nitrogens with one attached hydrogen (secondary N) is 1. The van der Waals surface area contributed by atoms with Crippen LogP contribution in [0.2, 0.25) is 0 Å². The first kappa shape index (κ1) is 13.8. The molecule has 0 spiro atoms. The molecule has 5 heteroatoms. The molecule has 0 atom stereocenters. The monoisotopic (exact) mass is 264 g/mol. The number of carbonyl (C=O) groups excluding carboxylic acids is 1. The molecule has 1 saturated carbocycles. The molecule has 1 aromatic heterocycles. The Hall–Kier alpha value is -1.62. The normalized spacial score (nSPS) is 15.9. The molecule has 0 radical (unpaired) electrons. The molecule has 1 aliphatic rings. The lowest BCUT2D eigenvalue weighted by Gasteiger charge is -2.15. The Balaban J connectivity index is 1.99. The molecule has 0 saturated heterocycles. The first-order valence-electron chi connectivity index (χ1n) is 6.51. The number of hydrogen-bond donors (Lipinski definition) is 2. The second-order valence-electron chi connectivity index (χ2n) is 5.15. The lowest BCUT2D eigenvalue weighted by Crippen LogP contribution is -2.18. The molecule has 1 heterocycles. The van der Waals surface area contributed by atoms with Gasteiger partial charge in [0, 0.05) is 13.2 Å². The number of hydrogen-bond acceptors (Lipinski definition) is 5. The number of aliphatic hydroxyl groups is 1. The van der Waals surface area contributed by atoms with Crippen LogP contribution in [0.25, 0.3) is 0 Å². The van der Waals surface area contributed by atoms with Crippen LogP contribution in [-0.2, 0) is 4.74 Å². The maximum absolute atomic E-state index is 11.4. The van der Waals surface area contributed by atoms with E-state index in [4.69, 9.17) is 5.11 Å². The van der Waals surface area contributed by atoms with Crippen molar-refractivity contribution in [3.63, 3.8) is 0 Å². The SMILES string of the molecule is COC(=O)c1ccc(NCC2(CCO)CC2)nc1C. The van der Waals surface area contributed by atoms with E-state index in [0.29, 0.717) is 11.3 Å². The summed E-state index contributed by atoms with van der Waals surface area (Å²) in [4.78, 5) is 15.8. The molecule has 104 valence electrons. The van der Waals surface area contributed by atoms with Crippen LogP contribution in [0, 0.1) is 12.3 Å². The number of aryl methyl sites for hydroxylation is 1. The fourth-order valence-electron chi connectivity index (χ4n) is 2.19. The van der Waals surface area contributed by atoms with Crippen molar-refractivity contribution < 1.29 is 14.6 Å². The Morgan fingerprint density at radius 3 is 2.79 bits per heavy atom. The summed E-state index contributed by atoms with van der Waals surface area (Å²) in [6.07, 6.45) is 3.14. The quantitative estimate of drug-likeness (QED) is 0.766. The van der Waals surface area contributed by atoms with E-state index in [2.05, 4.69) is 15.0 Å². The summed E-state index contributed by atoms with van der Waals surface area (Å²) in [6, 6.07) is 3.51. The molecule has 2 rings (SSSR count). The number of esters is 1. The summed E-state index contributed by atoms with van der Waals surface area (Å²) < 4.78 is 4.69. The van der Waals surface area contributed by atoms with Crippen LogP contribution in [0.4, 0.5) is 5.82 Å².